The Hall–Kier alpha value is -3.08. The van der Waals surface area contributed by atoms with E-state index in [2.05, 4.69) is 39.2 Å². The van der Waals surface area contributed by atoms with E-state index in [1.807, 2.05) is 55.5 Å². The standard InChI is InChI=1S/C21H24N4O/c1-3-25(16-17-8-6-5-7-9-17)21-22-15-14-20(24-21)23-18-10-12-19(13-11-18)26-4-2/h5-15H,3-4,16H2,1-2H3,(H,22,23,24). The topological polar surface area (TPSA) is 50.3 Å². The van der Waals surface area contributed by atoms with Gasteiger partial charge < -0.3 is 15.0 Å². The number of hydrogen-bond donors (Lipinski definition) is 1. The van der Waals surface area contributed by atoms with Gasteiger partial charge in [0.25, 0.3) is 0 Å². The molecule has 0 unspecified atom stereocenters. The van der Waals surface area contributed by atoms with E-state index in [0.29, 0.717) is 12.6 Å². The lowest BCUT2D eigenvalue weighted by atomic mass is 10.2. The number of anilines is 3. The van der Waals surface area contributed by atoms with Gasteiger partial charge in [-0.3, -0.25) is 0 Å². The van der Waals surface area contributed by atoms with Crippen molar-refractivity contribution in [2.24, 2.45) is 0 Å². The second-order valence-electron chi connectivity index (χ2n) is 5.82. The van der Waals surface area contributed by atoms with E-state index in [1.165, 1.54) is 5.56 Å². The van der Waals surface area contributed by atoms with Gasteiger partial charge in [-0.2, -0.15) is 4.98 Å². The molecule has 1 N–H and O–H groups in total. The smallest absolute Gasteiger partial charge is 0.227 e. The summed E-state index contributed by atoms with van der Waals surface area (Å²) in [6.45, 7) is 6.37. The van der Waals surface area contributed by atoms with Crippen molar-refractivity contribution in [3.05, 3.63) is 72.4 Å². The Morgan fingerprint density at radius 3 is 2.42 bits per heavy atom. The van der Waals surface area contributed by atoms with Crippen LogP contribution in [-0.4, -0.2) is 23.1 Å². The quantitative estimate of drug-likeness (QED) is 0.642. The minimum atomic E-state index is 0.663. The first-order chi connectivity index (χ1) is 12.8. The lowest BCUT2D eigenvalue weighted by Crippen LogP contribution is -2.24. The highest BCUT2D eigenvalue weighted by molar-refractivity contribution is 5.58. The summed E-state index contributed by atoms with van der Waals surface area (Å²) < 4.78 is 5.47. The van der Waals surface area contributed by atoms with Crippen molar-refractivity contribution >= 4 is 17.5 Å². The number of nitrogens with zero attached hydrogens (tertiary/aromatic N) is 3. The molecule has 26 heavy (non-hydrogen) atoms. The summed E-state index contributed by atoms with van der Waals surface area (Å²) >= 11 is 0. The number of nitrogens with one attached hydrogen (secondary N) is 1. The summed E-state index contributed by atoms with van der Waals surface area (Å²) in [5.41, 5.74) is 2.20. The number of ether oxygens (including phenoxy) is 1. The van der Waals surface area contributed by atoms with Crippen molar-refractivity contribution in [3.63, 3.8) is 0 Å². The molecule has 0 saturated carbocycles. The lowest BCUT2D eigenvalue weighted by Gasteiger charge is -2.21. The number of benzene rings is 2. The first kappa shape index (κ1) is 17.7. The molecular formula is C21H24N4O. The van der Waals surface area contributed by atoms with Crippen LogP contribution in [0.25, 0.3) is 0 Å². The lowest BCUT2D eigenvalue weighted by molar-refractivity contribution is 0.340. The van der Waals surface area contributed by atoms with Gasteiger partial charge in [-0.05, 0) is 49.7 Å². The van der Waals surface area contributed by atoms with Crippen LogP contribution in [0.5, 0.6) is 5.75 Å². The van der Waals surface area contributed by atoms with Gasteiger partial charge in [0.1, 0.15) is 11.6 Å². The van der Waals surface area contributed by atoms with Crippen LogP contribution in [0.1, 0.15) is 19.4 Å². The van der Waals surface area contributed by atoms with Crippen LogP contribution in [0.2, 0.25) is 0 Å². The highest BCUT2D eigenvalue weighted by Crippen LogP contribution is 2.20. The minimum absolute atomic E-state index is 0.663. The fraction of sp³-hybridized carbons (Fsp3) is 0.238. The summed E-state index contributed by atoms with van der Waals surface area (Å²) in [7, 11) is 0. The molecule has 1 aromatic heterocycles. The van der Waals surface area contributed by atoms with Gasteiger partial charge in [-0.15, -0.1) is 0 Å². The number of hydrogen-bond acceptors (Lipinski definition) is 5. The molecule has 2 aromatic carbocycles. The first-order valence-electron chi connectivity index (χ1n) is 8.90. The largest absolute Gasteiger partial charge is 0.494 e. The zero-order valence-electron chi connectivity index (χ0n) is 15.2. The molecule has 1 heterocycles. The molecule has 134 valence electrons. The highest BCUT2D eigenvalue weighted by atomic mass is 16.5. The third-order valence-corrected chi connectivity index (χ3v) is 3.96. The average molecular weight is 348 g/mol. The summed E-state index contributed by atoms with van der Waals surface area (Å²) in [4.78, 5) is 11.3. The van der Waals surface area contributed by atoms with Crippen molar-refractivity contribution in [1.82, 2.24) is 9.97 Å². The van der Waals surface area contributed by atoms with Crippen molar-refractivity contribution < 1.29 is 4.74 Å². The van der Waals surface area contributed by atoms with E-state index in [-0.39, 0.29) is 0 Å². The SMILES string of the molecule is CCOc1ccc(Nc2ccnc(N(CC)Cc3ccccc3)n2)cc1. The highest BCUT2D eigenvalue weighted by Gasteiger charge is 2.09. The third kappa shape index (κ3) is 4.72. The summed E-state index contributed by atoms with van der Waals surface area (Å²) in [5.74, 6) is 2.35. The minimum Gasteiger partial charge on any atom is -0.494 e. The molecule has 0 aliphatic carbocycles. The van der Waals surface area contributed by atoms with E-state index in [9.17, 15) is 0 Å². The van der Waals surface area contributed by atoms with Gasteiger partial charge in [0.15, 0.2) is 0 Å². The summed E-state index contributed by atoms with van der Waals surface area (Å²) in [5, 5.41) is 3.32. The monoisotopic (exact) mass is 348 g/mol. The molecular weight excluding hydrogens is 324 g/mol. The fourth-order valence-corrected chi connectivity index (χ4v) is 2.65. The maximum atomic E-state index is 5.47. The molecule has 0 bridgehead atoms. The van der Waals surface area contributed by atoms with E-state index in [0.717, 1.165) is 30.3 Å². The molecule has 5 nitrogen and oxygen atoms in total. The molecule has 0 amide bonds. The second kappa shape index (κ2) is 8.85. The molecule has 0 aliphatic heterocycles. The van der Waals surface area contributed by atoms with Crippen LogP contribution in [0.4, 0.5) is 17.5 Å². The summed E-state index contributed by atoms with van der Waals surface area (Å²) in [6.07, 6.45) is 1.78. The van der Waals surface area contributed by atoms with Gasteiger partial charge in [0.2, 0.25) is 5.95 Å². The van der Waals surface area contributed by atoms with Crippen LogP contribution >= 0.6 is 0 Å². The van der Waals surface area contributed by atoms with E-state index in [4.69, 9.17) is 4.74 Å². The van der Waals surface area contributed by atoms with Crippen molar-refractivity contribution in [1.29, 1.82) is 0 Å². The number of aromatic nitrogens is 2. The van der Waals surface area contributed by atoms with Crippen molar-refractivity contribution in [3.8, 4) is 5.75 Å². The number of rotatable bonds is 8. The fourth-order valence-electron chi connectivity index (χ4n) is 2.65. The molecule has 0 radical (unpaired) electrons. The predicted octanol–water partition coefficient (Wildman–Crippen LogP) is 4.65. The van der Waals surface area contributed by atoms with Crippen molar-refractivity contribution in [2.45, 2.75) is 20.4 Å². The van der Waals surface area contributed by atoms with Crippen LogP contribution in [0, 0.1) is 0 Å². The zero-order chi connectivity index (χ0) is 18.2. The molecule has 0 spiro atoms. The summed E-state index contributed by atoms with van der Waals surface area (Å²) in [6, 6.07) is 20.1. The first-order valence-corrected chi connectivity index (χ1v) is 8.90. The Morgan fingerprint density at radius 2 is 1.73 bits per heavy atom. The van der Waals surface area contributed by atoms with Gasteiger partial charge in [-0.25, -0.2) is 4.98 Å². The van der Waals surface area contributed by atoms with Crippen LogP contribution in [-0.2, 0) is 6.54 Å². The molecule has 3 rings (SSSR count). The Balaban J connectivity index is 1.72. The van der Waals surface area contributed by atoms with Crippen LogP contribution in [0.15, 0.2) is 66.9 Å². The zero-order valence-corrected chi connectivity index (χ0v) is 15.2. The van der Waals surface area contributed by atoms with Gasteiger partial charge in [-0.1, -0.05) is 30.3 Å². The molecule has 0 saturated heterocycles. The predicted molar refractivity (Wildman–Crippen MR) is 106 cm³/mol. The molecule has 0 aliphatic rings. The van der Waals surface area contributed by atoms with E-state index >= 15 is 0 Å². The maximum absolute atomic E-state index is 5.47. The Labute approximate surface area is 154 Å². The maximum Gasteiger partial charge on any atom is 0.227 e. The Kier molecular flexibility index (Phi) is 6.04. The third-order valence-electron chi connectivity index (χ3n) is 3.96. The van der Waals surface area contributed by atoms with Gasteiger partial charge >= 0.3 is 0 Å². The van der Waals surface area contributed by atoms with Crippen molar-refractivity contribution in [2.75, 3.05) is 23.4 Å². The normalized spacial score (nSPS) is 10.4. The van der Waals surface area contributed by atoms with E-state index in [1.54, 1.807) is 6.20 Å². The Morgan fingerprint density at radius 1 is 0.962 bits per heavy atom. The van der Waals surface area contributed by atoms with E-state index < -0.39 is 0 Å². The second-order valence-corrected chi connectivity index (χ2v) is 5.82. The van der Waals surface area contributed by atoms with Gasteiger partial charge in [0, 0.05) is 25.0 Å². The van der Waals surface area contributed by atoms with Crippen LogP contribution in [0.3, 0.4) is 0 Å². The van der Waals surface area contributed by atoms with Crippen LogP contribution < -0.4 is 15.0 Å². The average Bonchev–Trinajstić information content (AvgIpc) is 2.69. The molecule has 3 aromatic rings. The molecule has 0 atom stereocenters. The van der Waals surface area contributed by atoms with Gasteiger partial charge in [0.05, 0.1) is 6.61 Å². The molecule has 0 fully saturated rings. The molecule has 5 heteroatoms. The Bertz CT molecular complexity index is 806.